The quantitative estimate of drug-likeness (QED) is 0.468. The molecule has 2 aromatic carbocycles. The SMILES string of the molecule is CCc1ccc(-c2cc3c(=O)n(CC(=O)NCCc4ccc(Cl)cc4)nc(C)n3n2)cc1. The topological polar surface area (TPSA) is 81.3 Å². The number of aryl methyl sites for hydroxylation is 2. The zero-order valence-corrected chi connectivity index (χ0v) is 18.8. The number of hydrogen-bond acceptors (Lipinski definition) is 4. The maximum absolute atomic E-state index is 12.9. The van der Waals surface area contributed by atoms with Gasteiger partial charge in [0.1, 0.15) is 17.9 Å². The number of fused-ring (bicyclic) bond motifs is 1. The van der Waals surface area contributed by atoms with Crippen molar-refractivity contribution in [1.82, 2.24) is 24.7 Å². The van der Waals surface area contributed by atoms with Crippen LogP contribution in [0.15, 0.2) is 59.4 Å². The fourth-order valence-electron chi connectivity index (χ4n) is 3.52. The van der Waals surface area contributed by atoms with E-state index in [9.17, 15) is 9.59 Å². The van der Waals surface area contributed by atoms with Crippen LogP contribution in [0.4, 0.5) is 0 Å². The Labute approximate surface area is 190 Å². The van der Waals surface area contributed by atoms with Gasteiger partial charge in [0.05, 0.1) is 5.69 Å². The summed E-state index contributed by atoms with van der Waals surface area (Å²) >= 11 is 5.89. The molecule has 0 radical (unpaired) electrons. The van der Waals surface area contributed by atoms with E-state index in [0.29, 0.717) is 35.0 Å². The van der Waals surface area contributed by atoms with Gasteiger partial charge in [-0.25, -0.2) is 9.20 Å². The maximum Gasteiger partial charge on any atom is 0.293 e. The standard InChI is InChI=1S/C24H24ClN5O2/c1-3-17-4-8-19(9-5-17)21-14-22-24(32)29(27-16(2)30(22)28-21)15-23(31)26-13-12-18-6-10-20(25)11-7-18/h4-11,14H,3,12-13,15H2,1-2H3,(H,26,31). The van der Waals surface area contributed by atoms with Gasteiger partial charge in [-0.1, -0.05) is 54.9 Å². The molecular weight excluding hydrogens is 426 g/mol. The first-order chi connectivity index (χ1) is 15.4. The average molecular weight is 450 g/mol. The van der Waals surface area contributed by atoms with Crippen molar-refractivity contribution in [2.24, 2.45) is 0 Å². The van der Waals surface area contributed by atoms with Crippen molar-refractivity contribution >= 4 is 23.0 Å². The van der Waals surface area contributed by atoms with Crippen molar-refractivity contribution in [3.05, 3.63) is 86.9 Å². The number of nitrogens with one attached hydrogen (secondary N) is 1. The summed E-state index contributed by atoms with van der Waals surface area (Å²) in [7, 11) is 0. The number of aromatic nitrogens is 4. The van der Waals surface area contributed by atoms with Gasteiger partial charge in [0.2, 0.25) is 5.91 Å². The van der Waals surface area contributed by atoms with Crippen LogP contribution >= 0.6 is 11.6 Å². The molecule has 4 rings (SSSR count). The summed E-state index contributed by atoms with van der Waals surface area (Å²) in [6.45, 7) is 4.17. The van der Waals surface area contributed by atoms with Crippen molar-refractivity contribution in [1.29, 1.82) is 0 Å². The predicted molar refractivity (Wildman–Crippen MR) is 125 cm³/mol. The normalized spacial score (nSPS) is 11.1. The van der Waals surface area contributed by atoms with Crippen LogP contribution in [-0.4, -0.2) is 31.8 Å². The summed E-state index contributed by atoms with van der Waals surface area (Å²) in [6, 6.07) is 17.3. The van der Waals surface area contributed by atoms with Crippen LogP contribution in [0, 0.1) is 6.92 Å². The van der Waals surface area contributed by atoms with Crippen molar-refractivity contribution < 1.29 is 4.79 Å². The maximum atomic E-state index is 12.9. The minimum Gasteiger partial charge on any atom is -0.354 e. The lowest BCUT2D eigenvalue weighted by molar-refractivity contribution is -0.121. The molecule has 0 aliphatic rings. The minimum absolute atomic E-state index is 0.150. The van der Waals surface area contributed by atoms with Crippen LogP contribution in [0.2, 0.25) is 5.02 Å². The third kappa shape index (κ3) is 4.73. The van der Waals surface area contributed by atoms with Crippen LogP contribution in [0.1, 0.15) is 23.9 Å². The van der Waals surface area contributed by atoms with Crippen LogP contribution in [0.25, 0.3) is 16.8 Å². The molecule has 32 heavy (non-hydrogen) atoms. The van der Waals surface area contributed by atoms with Crippen LogP contribution in [0.5, 0.6) is 0 Å². The van der Waals surface area contributed by atoms with Gasteiger partial charge in [-0.15, -0.1) is 0 Å². The summed E-state index contributed by atoms with van der Waals surface area (Å²) in [4.78, 5) is 25.3. The van der Waals surface area contributed by atoms with Gasteiger partial charge in [-0.05, 0) is 49.1 Å². The number of carbonyl (C=O) groups excluding carboxylic acids is 1. The Hall–Kier alpha value is -3.45. The molecule has 2 aromatic heterocycles. The summed E-state index contributed by atoms with van der Waals surface area (Å²) < 4.78 is 2.72. The van der Waals surface area contributed by atoms with E-state index in [1.165, 1.54) is 14.8 Å². The van der Waals surface area contributed by atoms with Crippen molar-refractivity contribution in [2.45, 2.75) is 33.2 Å². The van der Waals surface area contributed by atoms with Crippen molar-refractivity contribution in [3.8, 4) is 11.3 Å². The molecule has 0 unspecified atom stereocenters. The van der Waals surface area contributed by atoms with Gasteiger partial charge < -0.3 is 5.32 Å². The number of halogens is 1. The molecule has 0 bridgehead atoms. The zero-order chi connectivity index (χ0) is 22.7. The molecule has 2 heterocycles. The molecule has 0 fully saturated rings. The fraction of sp³-hybridized carbons (Fsp3) is 0.250. The molecule has 0 saturated heterocycles. The Balaban J connectivity index is 1.48. The molecule has 0 aliphatic carbocycles. The van der Waals surface area contributed by atoms with Crippen LogP contribution < -0.4 is 10.9 Å². The fourth-order valence-corrected chi connectivity index (χ4v) is 3.65. The lowest BCUT2D eigenvalue weighted by Crippen LogP contribution is -2.35. The Kier molecular flexibility index (Phi) is 6.37. The highest BCUT2D eigenvalue weighted by molar-refractivity contribution is 6.30. The van der Waals surface area contributed by atoms with E-state index in [0.717, 1.165) is 17.5 Å². The number of benzene rings is 2. The molecular formula is C24H24ClN5O2. The Morgan fingerprint density at radius 1 is 1.03 bits per heavy atom. The van der Waals surface area contributed by atoms with Gasteiger partial charge >= 0.3 is 0 Å². The smallest absolute Gasteiger partial charge is 0.293 e. The third-order valence-corrected chi connectivity index (χ3v) is 5.59. The number of nitrogens with zero attached hydrogens (tertiary/aromatic N) is 4. The first kappa shape index (κ1) is 21.8. The number of rotatable bonds is 7. The second-order valence-electron chi connectivity index (χ2n) is 7.61. The Morgan fingerprint density at radius 2 is 1.72 bits per heavy atom. The molecule has 8 heteroatoms. The second-order valence-corrected chi connectivity index (χ2v) is 8.05. The van der Waals surface area contributed by atoms with E-state index in [4.69, 9.17) is 11.6 Å². The van der Waals surface area contributed by atoms with Crippen LogP contribution in [-0.2, 0) is 24.2 Å². The lowest BCUT2D eigenvalue weighted by atomic mass is 10.1. The third-order valence-electron chi connectivity index (χ3n) is 5.34. The van der Waals surface area contributed by atoms with Crippen molar-refractivity contribution in [2.75, 3.05) is 6.54 Å². The molecule has 0 atom stereocenters. The molecule has 1 N–H and O–H groups in total. The number of carbonyl (C=O) groups is 1. The van der Waals surface area contributed by atoms with E-state index in [-0.39, 0.29) is 18.0 Å². The highest BCUT2D eigenvalue weighted by atomic mass is 35.5. The summed E-state index contributed by atoms with van der Waals surface area (Å²) in [6.07, 6.45) is 1.63. The van der Waals surface area contributed by atoms with Gasteiger partial charge in [0, 0.05) is 17.1 Å². The van der Waals surface area contributed by atoms with Gasteiger partial charge in [-0.2, -0.15) is 10.2 Å². The first-order valence-corrected chi connectivity index (χ1v) is 10.9. The Bertz CT molecular complexity index is 1310. The van der Waals surface area contributed by atoms with Crippen LogP contribution in [0.3, 0.4) is 0 Å². The van der Waals surface area contributed by atoms with Gasteiger partial charge in [0.25, 0.3) is 5.56 Å². The first-order valence-electron chi connectivity index (χ1n) is 10.5. The molecule has 0 saturated carbocycles. The average Bonchev–Trinajstić information content (AvgIpc) is 3.25. The second kappa shape index (κ2) is 9.36. The molecule has 164 valence electrons. The zero-order valence-electron chi connectivity index (χ0n) is 18.0. The molecule has 1 amide bonds. The monoisotopic (exact) mass is 449 g/mol. The lowest BCUT2D eigenvalue weighted by Gasteiger charge is -2.08. The largest absolute Gasteiger partial charge is 0.354 e. The van der Waals surface area contributed by atoms with Gasteiger partial charge in [-0.3, -0.25) is 9.59 Å². The molecule has 0 aliphatic heterocycles. The van der Waals surface area contributed by atoms with E-state index < -0.39 is 0 Å². The molecule has 7 nitrogen and oxygen atoms in total. The minimum atomic E-state index is -0.354. The summed E-state index contributed by atoms with van der Waals surface area (Å²) in [5.74, 6) is 0.261. The highest BCUT2D eigenvalue weighted by Crippen LogP contribution is 2.19. The highest BCUT2D eigenvalue weighted by Gasteiger charge is 2.14. The molecule has 4 aromatic rings. The van der Waals surface area contributed by atoms with E-state index in [1.54, 1.807) is 13.0 Å². The summed E-state index contributed by atoms with van der Waals surface area (Å²) in [5, 5.41) is 12.3. The molecule has 0 spiro atoms. The summed E-state index contributed by atoms with van der Waals surface area (Å²) in [5.41, 5.74) is 3.96. The van der Waals surface area contributed by atoms with E-state index in [2.05, 4.69) is 34.6 Å². The van der Waals surface area contributed by atoms with E-state index >= 15 is 0 Å². The van der Waals surface area contributed by atoms with Crippen molar-refractivity contribution in [3.63, 3.8) is 0 Å². The predicted octanol–water partition coefficient (Wildman–Crippen LogP) is 3.44. The number of hydrogen-bond donors (Lipinski definition) is 1. The number of amides is 1. The Morgan fingerprint density at radius 3 is 2.41 bits per heavy atom. The van der Waals surface area contributed by atoms with E-state index in [1.807, 2.05) is 36.4 Å². The van der Waals surface area contributed by atoms with Gasteiger partial charge in [0.15, 0.2) is 0 Å².